The molecule has 0 aliphatic heterocycles. The number of thioether (sulfide) groups is 1. The van der Waals surface area contributed by atoms with E-state index in [1.165, 1.54) is 31.0 Å². The fraction of sp³-hybridized carbons (Fsp3) is 0.615. The van der Waals surface area contributed by atoms with E-state index in [1.807, 2.05) is 11.5 Å². The van der Waals surface area contributed by atoms with E-state index in [0.717, 1.165) is 12.8 Å². The summed E-state index contributed by atoms with van der Waals surface area (Å²) in [6.07, 6.45) is 12.2. The topological polar surface area (TPSA) is 37.3 Å². The lowest BCUT2D eigenvalue weighted by atomic mass is 10.2. The zero-order chi connectivity index (χ0) is 12.2. The molecule has 0 spiro atoms. The van der Waals surface area contributed by atoms with E-state index in [0.29, 0.717) is 0 Å². The van der Waals surface area contributed by atoms with Gasteiger partial charge in [-0.15, -0.1) is 11.8 Å². The van der Waals surface area contributed by atoms with Gasteiger partial charge in [0.1, 0.15) is 5.25 Å². The molecule has 0 saturated heterocycles. The highest BCUT2D eigenvalue weighted by Crippen LogP contribution is 2.12. The molecule has 1 unspecified atom stereocenters. The number of rotatable bonds is 9. The van der Waals surface area contributed by atoms with Crippen molar-refractivity contribution in [1.29, 1.82) is 0 Å². The molecule has 0 aromatic rings. The molecule has 0 aliphatic carbocycles. The number of allylic oxidation sites excluding steroid dienone is 3. The monoisotopic (exact) mass is 242 g/mol. The van der Waals surface area contributed by atoms with Gasteiger partial charge in [-0.1, -0.05) is 38.0 Å². The van der Waals surface area contributed by atoms with Crippen LogP contribution in [0.2, 0.25) is 0 Å². The Morgan fingerprint density at radius 3 is 2.69 bits per heavy atom. The van der Waals surface area contributed by atoms with Crippen LogP contribution in [0.4, 0.5) is 0 Å². The molecule has 0 bridgehead atoms. The van der Waals surface area contributed by atoms with Crippen molar-refractivity contribution in [3.63, 3.8) is 0 Å². The van der Waals surface area contributed by atoms with Crippen LogP contribution < -0.4 is 0 Å². The largest absolute Gasteiger partial charge is 0.480 e. The molecule has 2 nitrogen and oxygen atoms in total. The average Bonchev–Trinajstić information content (AvgIpc) is 2.26. The molecule has 0 rings (SSSR count). The highest BCUT2D eigenvalue weighted by atomic mass is 32.2. The summed E-state index contributed by atoms with van der Waals surface area (Å²) in [6, 6.07) is 0. The second-order valence-corrected chi connectivity index (χ2v) is 4.94. The second kappa shape index (κ2) is 10.8. The Hall–Kier alpha value is -0.700. The van der Waals surface area contributed by atoms with E-state index in [2.05, 4.69) is 19.1 Å². The molecule has 0 aromatic carbocycles. The number of hydrogen-bond donors (Lipinski definition) is 1. The summed E-state index contributed by atoms with van der Waals surface area (Å²) in [5.41, 5.74) is 0. The SMILES string of the molecule is CCCCC/C=C\C/C=C\SC(C)C(=O)O. The molecule has 0 heterocycles. The van der Waals surface area contributed by atoms with Crippen molar-refractivity contribution < 1.29 is 9.90 Å². The molecule has 3 heteroatoms. The number of carboxylic acids is 1. The molecule has 1 N–H and O–H groups in total. The third kappa shape index (κ3) is 9.84. The lowest BCUT2D eigenvalue weighted by Gasteiger charge is -1.98. The predicted molar refractivity (Wildman–Crippen MR) is 71.7 cm³/mol. The van der Waals surface area contributed by atoms with Gasteiger partial charge in [0, 0.05) is 0 Å². The molecule has 1 atom stereocenters. The summed E-state index contributed by atoms with van der Waals surface area (Å²) in [5.74, 6) is -0.759. The molecular formula is C13H22O2S. The van der Waals surface area contributed by atoms with Gasteiger partial charge in [0.25, 0.3) is 0 Å². The fourth-order valence-corrected chi connectivity index (χ4v) is 1.67. The Labute approximate surface area is 103 Å². The molecule has 0 aromatic heterocycles. The van der Waals surface area contributed by atoms with Crippen molar-refractivity contribution in [3.05, 3.63) is 23.6 Å². The summed E-state index contributed by atoms with van der Waals surface area (Å²) in [4.78, 5) is 10.5. The molecule has 92 valence electrons. The Kier molecular flexibility index (Phi) is 10.3. The number of carbonyl (C=O) groups is 1. The van der Waals surface area contributed by atoms with Gasteiger partial charge >= 0.3 is 5.97 Å². The lowest BCUT2D eigenvalue weighted by molar-refractivity contribution is -0.136. The van der Waals surface area contributed by atoms with Crippen molar-refractivity contribution in [2.45, 2.75) is 51.2 Å². The van der Waals surface area contributed by atoms with Gasteiger partial charge in [-0.05, 0) is 31.6 Å². The van der Waals surface area contributed by atoms with Gasteiger partial charge in [-0.3, -0.25) is 4.79 Å². The lowest BCUT2D eigenvalue weighted by Crippen LogP contribution is -2.09. The molecule has 0 fully saturated rings. The summed E-state index contributed by atoms with van der Waals surface area (Å²) in [6.45, 7) is 3.89. The molecule has 0 saturated carbocycles. The van der Waals surface area contributed by atoms with Crippen molar-refractivity contribution in [2.75, 3.05) is 0 Å². The van der Waals surface area contributed by atoms with E-state index >= 15 is 0 Å². The van der Waals surface area contributed by atoms with E-state index < -0.39 is 5.97 Å². The smallest absolute Gasteiger partial charge is 0.316 e. The summed E-state index contributed by atoms with van der Waals surface area (Å²) in [7, 11) is 0. The van der Waals surface area contributed by atoms with Gasteiger partial charge in [-0.25, -0.2) is 0 Å². The van der Waals surface area contributed by atoms with Crippen LogP contribution in [0.15, 0.2) is 23.6 Å². The summed E-state index contributed by atoms with van der Waals surface area (Å²) < 4.78 is 0. The van der Waals surface area contributed by atoms with Crippen LogP contribution in [0, 0.1) is 0 Å². The van der Waals surface area contributed by atoms with Crippen molar-refractivity contribution >= 4 is 17.7 Å². The van der Waals surface area contributed by atoms with E-state index in [4.69, 9.17) is 5.11 Å². The molecule has 16 heavy (non-hydrogen) atoms. The third-order valence-electron chi connectivity index (χ3n) is 2.14. The first-order valence-electron chi connectivity index (χ1n) is 5.86. The number of unbranched alkanes of at least 4 members (excludes halogenated alkanes) is 3. The minimum Gasteiger partial charge on any atom is -0.480 e. The van der Waals surface area contributed by atoms with Crippen LogP contribution in [0.5, 0.6) is 0 Å². The Balaban J connectivity index is 3.43. The van der Waals surface area contributed by atoms with Crippen molar-refractivity contribution in [1.82, 2.24) is 0 Å². The second-order valence-electron chi connectivity index (χ2n) is 3.69. The first-order chi connectivity index (χ1) is 7.68. The summed E-state index contributed by atoms with van der Waals surface area (Å²) in [5, 5.41) is 10.1. The molecule has 0 aliphatic rings. The third-order valence-corrected chi connectivity index (χ3v) is 3.10. The van der Waals surface area contributed by atoms with Gasteiger partial charge in [0.15, 0.2) is 0 Å². The van der Waals surface area contributed by atoms with Crippen LogP contribution in [-0.4, -0.2) is 16.3 Å². The molecule has 0 amide bonds. The van der Waals surface area contributed by atoms with Crippen LogP contribution in [0.25, 0.3) is 0 Å². The van der Waals surface area contributed by atoms with Gasteiger partial charge in [0.2, 0.25) is 0 Å². The fourth-order valence-electron chi connectivity index (χ4n) is 1.09. The Morgan fingerprint density at radius 2 is 2.06 bits per heavy atom. The van der Waals surface area contributed by atoms with Gasteiger partial charge in [0.05, 0.1) is 0 Å². The van der Waals surface area contributed by atoms with E-state index in [9.17, 15) is 4.79 Å². The maximum Gasteiger partial charge on any atom is 0.316 e. The predicted octanol–water partition coefficient (Wildman–Crippen LogP) is 4.23. The minimum atomic E-state index is -0.759. The Bertz CT molecular complexity index is 234. The highest BCUT2D eigenvalue weighted by Gasteiger charge is 2.07. The first-order valence-corrected chi connectivity index (χ1v) is 6.81. The van der Waals surface area contributed by atoms with E-state index in [1.54, 1.807) is 6.92 Å². The van der Waals surface area contributed by atoms with E-state index in [-0.39, 0.29) is 5.25 Å². The maximum absolute atomic E-state index is 10.5. The van der Waals surface area contributed by atoms with Crippen molar-refractivity contribution in [3.8, 4) is 0 Å². The average molecular weight is 242 g/mol. The quantitative estimate of drug-likeness (QED) is 0.485. The maximum atomic E-state index is 10.5. The van der Waals surface area contributed by atoms with Gasteiger partial charge in [-0.2, -0.15) is 0 Å². The molecular weight excluding hydrogens is 220 g/mol. The van der Waals surface area contributed by atoms with Gasteiger partial charge < -0.3 is 5.11 Å². The minimum absolute atomic E-state index is 0.357. The van der Waals surface area contributed by atoms with Crippen molar-refractivity contribution in [2.24, 2.45) is 0 Å². The Morgan fingerprint density at radius 1 is 1.31 bits per heavy atom. The van der Waals surface area contributed by atoms with Crippen LogP contribution in [0.3, 0.4) is 0 Å². The molecule has 0 radical (unpaired) electrons. The van der Waals surface area contributed by atoms with Crippen LogP contribution in [0.1, 0.15) is 46.0 Å². The highest BCUT2D eigenvalue weighted by molar-refractivity contribution is 8.03. The normalized spacial score (nSPS) is 13.6. The standard InChI is InChI=1S/C13H22O2S/c1-3-4-5-6-7-8-9-10-11-16-12(2)13(14)15/h7-8,10-12H,3-6,9H2,1-2H3,(H,14,15)/b8-7-,11-10-. The van der Waals surface area contributed by atoms with Crippen LogP contribution >= 0.6 is 11.8 Å². The zero-order valence-corrected chi connectivity index (χ0v) is 11.0. The number of carboxylic acid groups (broad SMARTS) is 1. The first kappa shape index (κ1) is 15.3. The number of aliphatic carboxylic acids is 1. The van der Waals surface area contributed by atoms with Crippen LogP contribution in [-0.2, 0) is 4.79 Å². The zero-order valence-electron chi connectivity index (χ0n) is 10.2. The summed E-state index contributed by atoms with van der Waals surface area (Å²) >= 11 is 1.34. The number of hydrogen-bond acceptors (Lipinski definition) is 2.